The van der Waals surface area contributed by atoms with E-state index >= 15 is 0 Å². The number of ether oxygens (including phenoxy) is 1. The Morgan fingerprint density at radius 2 is 2.12 bits per heavy atom. The van der Waals surface area contributed by atoms with Crippen molar-refractivity contribution in [3.8, 4) is 0 Å². The molecular formula is C20H30N2O3. The summed E-state index contributed by atoms with van der Waals surface area (Å²) < 4.78 is 5.54. The number of hydrogen-bond donors (Lipinski definition) is 1. The molecule has 1 aromatic rings. The Bertz CT molecular complexity index is 568. The van der Waals surface area contributed by atoms with Crippen LogP contribution in [0.5, 0.6) is 0 Å². The van der Waals surface area contributed by atoms with Crippen LogP contribution in [-0.2, 0) is 11.3 Å². The van der Waals surface area contributed by atoms with Crippen LogP contribution in [0.25, 0.3) is 0 Å². The first-order valence-corrected chi connectivity index (χ1v) is 8.92. The zero-order valence-corrected chi connectivity index (χ0v) is 15.5. The molecule has 0 spiro atoms. The van der Waals surface area contributed by atoms with E-state index in [1.165, 1.54) is 5.06 Å². The second-order valence-electron chi connectivity index (χ2n) is 7.56. The number of likely N-dealkylation sites (tertiary alicyclic amines) is 1. The van der Waals surface area contributed by atoms with Crippen LogP contribution in [-0.4, -0.2) is 45.5 Å². The van der Waals surface area contributed by atoms with Gasteiger partial charge in [-0.15, -0.1) is 6.58 Å². The maximum absolute atomic E-state index is 12.5. The van der Waals surface area contributed by atoms with Crippen LogP contribution >= 0.6 is 0 Å². The molecule has 1 aliphatic rings. The summed E-state index contributed by atoms with van der Waals surface area (Å²) in [4.78, 5) is 14.3. The van der Waals surface area contributed by atoms with Gasteiger partial charge in [0.25, 0.3) is 0 Å². The van der Waals surface area contributed by atoms with E-state index in [4.69, 9.17) is 4.74 Å². The SMILES string of the molecule is C=CC[C@H]([C@@H]1CCCN1C(=O)OC(C)(C)C)N(O)Cc1ccccc1. The molecule has 0 aromatic heterocycles. The third kappa shape index (κ3) is 5.58. The molecule has 0 radical (unpaired) electrons. The van der Waals surface area contributed by atoms with Crippen molar-refractivity contribution in [2.45, 2.75) is 64.3 Å². The average Bonchev–Trinajstić information content (AvgIpc) is 3.01. The summed E-state index contributed by atoms with van der Waals surface area (Å²) >= 11 is 0. The normalized spacial score (nSPS) is 19.1. The highest BCUT2D eigenvalue weighted by atomic mass is 16.6. The fourth-order valence-electron chi connectivity index (χ4n) is 3.28. The number of hydrogen-bond acceptors (Lipinski definition) is 4. The lowest BCUT2D eigenvalue weighted by molar-refractivity contribution is -0.149. The van der Waals surface area contributed by atoms with Crippen molar-refractivity contribution in [1.82, 2.24) is 9.96 Å². The quantitative estimate of drug-likeness (QED) is 0.619. The van der Waals surface area contributed by atoms with E-state index in [9.17, 15) is 10.0 Å². The Labute approximate surface area is 150 Å². The molecular weight excluding hydrogens is 316 g/mol. The largest absolute Gasteiger partial charge is 0.444 e. The lowest BCUT2D eigenvalue weighted by atomic mass is 10.0. The maximum Gasteiger partial charge on any atom is 0.410 e. The Hall–Kier alpha value is -1.85. The van der Waals surface area contributed by atoms with E-state index in [1.807, 2.05) is 51.1 Å². The predicted molar refractivity (Wildman–Crippen MR) is 98.3 cm³/mol. The summed E-state index contributed by atoms with van der Waals surface area (Å²) in [6.45, 7) is 10.5. The van der Waals surface area contributed by atoms with Crippen molar-refractivity contribution in [1.29, 1.82) is 0 Å². The van der Waals surface area contributed by atoms with Crippen molar-refractivity contribution in [2.75, 3.05) is 6.54 Å². The lowest BCUT2D eigenvalue weighted by Gasteiger charge is -2.36. The summed E-state index contributed by atoms with van der Waals surface area (Å²) in [7, 11) is 0. The van der Waals surface area contributed by atoms with E-state index in [1.54, 1.807) is 11.0 Å². The number of benzene rings is 1. The van der Waals surface area contributed by atoms with Crippen LogP contribution in [0.1, 0.15) is 45.6 Å². The van der Waals surface area contributed by atoms with Crippen LogP contribution in [0.2, 0.25) is 0 Å². The lowest BCUT2D eigenvalue weighted by Crippen LogP contribution is -2.50. The first kappa shape index (κ1) is 19.5. The standard InChI is InChI=1S/C20H30N2O3/c1-5-10-18(22(24)15-16-11-7-6-8-12-16)17-13-9-14-21(17)19(23)25-20(2,3)4/h5-8,11-12,17-18,24H,1,9-10,13-15H2,2-4H3/t17-,18+/m0/s1. The van der Waals surface area contributed by atoms with Gasteiger partial charge in [0.05, 0.1) is 12.1 Å². The van der Waals surface area contributed by atoms with Crippen LogP contribution in [0, 0.1) is 0 Å². The number of hydroxylamine groups is 2. The minimum Gasteiger partial charge on any atom is -0.444 e. The molecule has 2 rings (SSSR count). The molecule has 1 aromatic carbocycles. The molecule has 1 saturated heterocycles. The Morgan fingerprint density at radius 1 is 1.44 bits per heavy atom. The molecule has 2 atom stereocenters. The topological polar surface area (TPSA) is 53.0 Å². The van der Waals surface area contributed by atoms with Gasteiger partial charge in [-0.1, -0.05) is 36.4 Å². The first-order chi connectivity index (χ1) is 11.8. The Kier molecular flexibility index (Phi) is 6.62. The van der Waals surface area contributed by atoms with Gasteiger partial charge in [-0.2, -0.15) is 5.06 Å². The molecule has 1 fully saturated rings. The number of nitrogens with zero attached hydrogens (tertiary/aromatic N) is 2. The third-order valence-corrected chi connectivity index (χ3v) is 4.35. The van der Waals surface area contributed by atoms with E-state index < -0.39 is 5.60 Å². The molecule has 1 N–H and O–H groups in total. The van der Waals surface area contributed by atoms with Gasteiger partial charge >= 0.3 is 6.09 Å². The van der Waals surface area contributed by atoms with Crippen LogP contribution < -0.4 is 0 Å². The maximum atomic E-state index is 12.5. The van der Waals surface area contributed by atoms with Gasteiger partial charge < -0.3 is 14.8 Å². The van der Waals surface area contributed by atoms with Gasteiger partial charge in [-0.3, -0.25) is 0 Å². The van der Waals surface area contributed by atoms with Crippen molar-refractivity contribution < 1.29 is 14.7 Å². The van der Waals surface area contributed by atoms with E-state index in [2.05, 4.69) is 6.58 Å². The Morgan fingerprint density at radius 3 is 2.72 bits per heavy atom. The van der Waals surface area contributed by atoms with E-state index in [0.717, 1.165) is 18.4 Å². The van der Waals surface area contributed by atoms with Gasteiger partial charge in [0.2, 0.25) is 0 Å². The summed E-state index contributed by atoms with van der Waals surface area (Å²) in [6.07, 6.45) is 3.86. The summed E-state index contributed by atoms with van der Waals surface area (Å²) in [5.74, 6) is 0. The summed E-state index contributed by atoms with van der Waals surface area (Å²) in [6, 6.07) is 9.54. The number of carbonyl (C=O) groups excluding carboxylic acids is 1. The second kappa shape index (κ2) is 8.50. The van der Waals surface area contributed by atoms with Crippen LogP contribution in [0.15, 0.2) is 43.0 Å². The third-order valence-electron chi connectivity index (χ3n) is 4.35. The number of carbonyl (C=O) groups is 1. The molecule has 1 heterocycles. The van der Waals surface area contributed by atoms with Crippen molar-refractivity contribution in [2.24, 2.45) is 0 Å². The van der Waals surface area contributed by atoms with Crippen LogP contribution in [0.4, 0.5) is 4.79 Å². The molecule has 1 aliphatic heterocycles. The monoisotopic (exact) mass is 346 g/mol. The van der Waals surface area contributed by atoms with Crippen molar-refractivity contribution >= 4 is 6.09 Å². The molecule has 25 heavy (non-hydrogen) atoms. The Balaban J connectivity index is 2.11. The van der Waals surface area contributed by atoms with Gasteiger partial charge in [-0.25, -0.2) is 4.79 Å². The highest BCUT2D eigenvalue weighted by Crippen LogP contribution is 2.27. The zero-order chi connectivity index (χ0) is 18.4. The molecule has 138 valence electrons. The zero-order valence-electron chi connectivity index (χ0n) is 15.5. The second-order valence-corrected chi connectivity index (χ2v) is 7.56. The van der Waals surface area contributed by atoms with E-state index in [0.29, 0.717) is 19.5 Å². The highest BCUT2D eigenvalue weighted by molar-refractivity contribution is 5.69. The molecule has 1 amide bonds. The minimum atomic E-state index is -0.527. The van der Waals surface area contributed by atoms with E-state index in [-0.39, 0.29) is 18.2 Å². The molecule has 5 nitrogen and oxygen atoms in total. The van der Waals surface area contributed by atoms with Crippen molar-refractivity contribution in [3.63, 3.8) is 0 Å². The van der Waals surface area contributed by atoms with Gasteiger partial charge in [0, 0.05) is 13.1 Å². The van der Waals surface area contributed by atoms with Crippen molar-refractivity contribution in [3.05, 3.63) is 48.6 Å². The fraction of sp³-hybridized carbons (Fsp3) is 0.550. The molecule has 5 heteroatoms. The van der Waals surface area contributed by atoms with Gasteiger partial charge in [-0.05, 0) is 45.6 Å². The van der Waals surface area contributed by atoms with Crippen LogP contribution in [0.3, 0.4) is 0 Å². The fourth-order valence-corrected chi connectivity index (χ4v) is 3.28. The molecule has 0 saturated carbocycles. The summed E-state index contributed by atoms with van der Waals surface area (Å²) in [5.41, 5.74) is 0.502. The molecule has 0 unspecified atom stereocenters. The predicted octanol–water partition coefficient (Wildman–Crippen LogP) is 4.22. The number of rotatable bonds is 6. The number of amides is 1. The molecule has 0 aliphatic carbocycles. The van der Waals surface area contributed by atoms with Gasteiger partial charge in [0.1, 0.15) is 5.60 Å². The minimum absolute atomic E-state index is 0.0819. The first-order valence-electron chi connectivity index (χ1n) is 8.92. The summed E-state index contributed by atoms with van der Waals surface area (Å²) in [5, 5.41) is 12.0. The average molecular weight is 346 g/mol. The smallest absolute Gasteiger partial charge is 0.410 e. The molecule has 0 bridgehead atoms. The highest BCUT2D eigenvalue weighted by Gasteiger charge is 2.38. The van der Waals surface area contributed by atoms with Gasteiger partial charge in [0.15, 0.2) is 0 Å².